The van der Waals surface area contributed by atoms with Gasteiger partial charge in [0.15, 0.2) is 0 Å². The zero-order valence-corrected chi connectivity index (χ0v) is 16.9. The van der Waals surface area contributed by atoms with Crippen LogP contribution in [0, 0.1) is 6.92 Å². The molecule has 148 valence electrons. The number of sulfonamides is 1. The number of amides is 1. The second-order valence-electron chi connectivity index (χ2n) is 7.47. The summed E-state index contributed by atoms with van der Waals surface area (Å²) >= 11 is 0. The van der Waals surface area contributed by atoms with Crippen LogP contribution in [0.3, 0.4) is 0 Å². The number of hydrogen-bond acceptors (Lipinski definition) is 3. The number of anilines is 1. The first kappa shape index (κ1) is 19.7. The predicted octanol–water partition coefficient (Wildman–Crippen LogP) is 4.08. The Morgan fingerprint density at radius 1 is 1.22 bits per heavy atom. The lowest BCUT2D eigenvalue weighted by Gasteiger charge is -2.22. The molecule has 1 fully saturated rings. The van der Waals surface area contributed by atoms with E-state index in [1.54, 1.807) is 12.1 Å². The van der Waals surface area contributed by atoms with Crippen molar-refractivity contribution >= 4 is 32.5 Å². The summed E-state index contributed by atoms with van der Waals surface area (Å²) < 4.78 is 26.9. The van der Waals surface area contributed by atoms with E-state index in [1.807, 2.05) is 19.9 Å². The third-order valence-electron chi connectivity index (χ3n) is 5.27. The van der Waals surface area contributed by atoms with Gasteiger partial charge in [-0.3, -0.25) is 9.52 Å². The fourth-order valence-electron chi connectivity index (χ4n) is 3.69. The molecule has 0 bridgehead atoms. The number of H-pyrrole nitrogens is 1. The summed E-state index contributed by atoms with van der Waals surface area (Å²) in [7, 11) is -3.35. The highest BCUT2D eigenvalue weighted by atomic mass is 32.2. The molecule has 3 N–H and O–H groups in total. The van der Waals surface area contributed by atoms with Crippen LogP contribution in [0.15, 0.2) is 18.2 Å². The lowest BCUT2D eigenvalue weighted by Crippen LogP contribution is -2.36. The van der Waals surface area contributed by atoms with Crippen LogP contribution < -0.4 is 10.0 Å². The maximum absolute atomic E-state index is 12.7. The Labute approximate surface area is 161 Å². The van der Waals surface area contributed by atoms with Gasteiger partial charge in [-0.15, -0.1) is 0 Å². The van der Waals surface area contributed by atoms with Crippen molar-refractivity contribution in [3.05, 3.63) is 29.5 Å². The maximum Gasteiger partial charge on any atom is 0.268 e. The van der Waals surface area contributed by atoms with E-state index in [0.29, 0.717) is 17.8 Å². The molecule has 1 aliphatic rings. The van der Waals surface area contributed by atoms with Crippen LogP contribution in [0.1, 0.15) is 67.9 Å². The van der Waals surface area contributed by atoms with Gasteiger partial charge in [-0.2, -0.15) is 0 Å². The largest absolute Gasteiger partial charge is 0.350 e. The number of nitrogens with one attached hydrogen (secondary N) is 3. The zero-order valence-electron chi connectivity index (χ0n) is 16.1. The molecule has 0 aliphatic heterocycles. The summed E-state index contributed by atoms with van der Waals surface area (Å²) in [6.07, 6.45) is 7.11. The number of aryl methyl sites for hydroxylation is 1. The normalized spacial score (nSPS) is 15.8. The Bertz CT molecular complexity index is 912. The minimum absolute atomic E-state index is 0.0827. The van der Waals surface area contributed by atoms with Crippen LogP contribution in [0.4, 0.5) is 5.69 Å². The van der Waals surface area contributed by atoms with E-state index in [2.05, 4.69) is 15.0 Å². The molecule has 0 spiro atoms. The summed E-state index contributed by atoms with van der Waals surface area (Å²) in [5.74, 6) is 0.0311. The summed E-state index contributed by atoms with van der Waals surface area (Å²) in [4.78, 5) is 15.9. The molecule has 1 amide bonds. The van der Waals surface area contributed by atoms with Gasteiger partial charge in [0.2, 0.25) is 10.0 Å². The highest BCUT2D eigenvalue weighted by Gasteiger charge is 2.20. The Kier molecular flexibility index (Phi) is 6.09. The standard InChI is InChI=1S/C20H29N3O3S/c1-3-4-12-27(25,26)23-16-10-11-18-17(13-16)14(2)19(22-18)20(24)21-15-8-6-5-7-9-15/h10-11,13,15,22-23H,3-9,12H2,1-2H3,(H,21,24). The van der Waals surface area contributed by atoms with E-state index in [4.69, 9.17) is 0 Å². The molecule has 1 saturated carbocycles. The Hall–Kier alpha value is -2.02. The quantitative estimate of drug-likeness (QED) is 0.664. The molecule has 0 unspecified atom stereocenters. The average molecular weight is 392 g/mol. The molecule has 1 heterocycles. The highest BCUT2D eigenvalue weighted by molar-refractivity contribution is 7.92. The fourth-order valence-corrected chi connectivity index (χ4v) is 4.94. The van der Waals surface area contributed by atoms with Gasteiger partial charge in [-0.05, 0) is 49.9 Å². The molecule has 7 heteroatoms. The molecule has 2 aromatic rings. The second kappa shape index (κ2) is 8.33. The van der Waals surface area contributed by atoms with Crippen molar-refractivity contribution in [1.29, 1.82) is 0 Å². The second-order valence-corrected chi connectivity index (χ2v) is 9.31. The molecule has 0 radical (unpaired) electrons. The number of aromatic amines is 1. The van der Waals surface area contributed by atoms with Crippen LogP contribution >= 0.6 is 0 Å². The topological polar surface area (TPSA) is 91.1 Å². The van der Waals surface area contributed by atoms with E-state index in [1.165, 1.54) is 6.42 Å². The van der Waals surface area contributed by atoms with Gasteiger partial charge in [0.1, 0.15) is 5.69 Å². The van der Waals surface area contributed by atoms with Crippen molar-refractivity contribution in [2.45, 2.75) is 64.8 Å². The Balaban J connectivity index is 1.79. The van der Waals surface area contributed by atoms with Crippen LogP contribution in [-0.4, -0.2) is 31.1 Å². The van der Waals surface area contributed by atoms with Gasteiger partial charge >= 0.3 is 0 Å². The smallest absolute Gasteiger partial charge is 0.268 e. The van der Waals surface area contributed by atoms with Crippen LogP contribution in [0.2, 0.25) is 0 Å². The van der Waals surface area contributed by atoms with Crippen LogP contribution in [-0.2, 0) is 10.0 Å². The SMILES string of the molecule is CCCCS(=O)(=O)Nc1ccc2[nH]c(C(=O)NC3CCCCC3)c(C)c2c1. The third-order valence-corrected chi connectivity index (χ3v) is 6.64. The van der Waals surface area contributed by atoms with E-state index in [9.17, 15) is 13.2 Å². The zero-order chi connectivity index (χ0) is 19.4. The molecule has 1 aromatic carbocycles. The Morgan fingerprint density at radius 3 is 2.67 bits per heavy atom. The minimum atomic E-state index is -3.35. The number of unbranched alkanes of at least 4 members (excludes halogenated alkanes) is 1. The van der Waals surface area contributed by atoms with Crippen molar-refractivity contribution in [2.75, 3.05) is 10.5 Å². The molecule has 1 aromatic heterocycles. The molecular formula is C20H29N3O3S. The molecule has 6 nitrogen and oxygen atoms in total. The number of carbonyl (C=O) groups is 1. The molecule has 3 rings (SSSR count). The summed E-state index contributed by atoms with van der Waals surface area (Å²) in [5.41, 5.74) is 2.76. The van der Waals surface area contributed by atoms with Crippen molar-refractivity contribution in [1.82, 2.24) is 10.3 Å². The first-order chi connectivity index (χ1) is 12.9. The first-order valence-corrected chi connectivity index (χ1v) is 11.5. The van der Waals surface area contributed by atoms with Crippen LogP contribution in [0.5, 0.6) is 0 Å². The van der Waals surface area contributed by atoms with Gasteiger partial charge < -0.3 is 10.3 Å². The summed E-state index contributed by atoms with van der Waals surface area (Å²) in [6, 6.07) is 5.59. The van der Waals surface area contributed by atoms with E-state index in [-0.39, 0.29) is 17.7 Å². The van der Waals surface area contributed by atoms with E-state index < -0.39 is 10.0 Å². The number of fused-ring (bicyclic) bond motifs is 1. The number of rotatable bonds is 7. The molecule has 0 atom stereocenters. The van der Waals surface area contributed by atoms with Gasteiger partial charge in [0.05, 0.1) is 5.75 Å². The summed E-state index contributed by atoms with van der Waals surface area (Å²) in [6.45, 7) is 3.86. The molecule has 1 aliphatic carbocycles. The number of benzene rings is 1. The minimum Gasteiger partial charge on any atom is -0.350 e. The number of carbonyl (C=O) groups excluding carboxylic acids is 1. The third kappa shape index (κ3) is 4.83. The van der Waals surface area contributed by atoms with Crippen molar-refractivity contribution in [3.63, 3.8) is 0 Å². The lowest BCUT2D eigenvalue weighted by atomic mass is 9.95. The average Bonchev–Trinajstić information content (AvgIpc) is 2.97. The van der Waals surface area contributed by atoms with E-state index in [0.717, 1.165) is 48.6 Å². The summed E-state index contributed by atoms with van der Waals surface area (Å²) in [5, 5.41) is 3.99. The number of hydrogen-bond donors (Lipinski definition) is 3. The first-order valence-electron chi connectivity index (χ1n) is 9.83. The van der Waals surface area contributed by atoms with Crippen LogP contribution in [0.25, 0.3) is 10.9 Å². The fraction of sp³-hybridized carbons (Fsp3) is 0.550. The lowest BCUT2D eigenvalue weighted by molar-refractivity contribution is 0.0923. The maximum atomic E-state index is 12.7. The Morgan fingerprint density at radius 2 is 1.96 bits per heavy atom. The van der Waals surface area contributed by atoms with Gasteiger partial charge in [0.25, 0.3) is 5.91 Å². The highest BCUT2D eigenvalue weighted by Crippen LogP contribution is 2.26. The molecular weight excluding hydrogens is 362 g/mol. The van der Waals surface area contributed by atoms with Crippen molar-refractivity contribution in [3.8, 4) is 0 Å². The van der Waals surface area contributed by atoms with Gasteiger partial charge in [-0.1, -0.05) is 32.6 Å². The molecule has 0 saturated heterocycles. The van der Waals surface area contributed by atoms with Gasteiger partial charge in [-0.25, -0.2) is 8.42 Å². The van der Waals surface area contributed by atoms with Gasteiger partial charge in [0, 0.05) is 22.6 Å². The monoisotopic (exact) mass is 391 g/mol. The van der Waals surface area contributed by atoms with Crippen molar-refractivity contribution < 1.29 is 13.2 Å². The number of aromatic nitrogens is 1. The van der Waals surface area contributed by atoms with E-state index >= 15 is 0 Å². The predicted molar refractivity (Wildman–Crippen MR) is 110 cm³/mol. The molecule has 27 heavy (non-hydrogen) atoms. The van der Waals surface area contributed by atoms with Crippen molar-refractivity contribution in [2.24, 2.45) is 0 Å².